The van der Waals surface area contributed by atoms with E-state index in [4.69, 9.17) is 4.74 Å². The Morgan fingerprint density at radius 3 is 2.75 bits per heavy atom. The summed E-state index contributed by atoms with van der Waals surface area (Å²) >= 11 is 3.04. The molecule has 0 aliphatic carbocycles. The van der Waals surface area contributed by atoms with E-state index in [0.717, 1.165) is 11.5 Å². The Morgan fingerprint density at radius 1 is 1.45 bits per heavy atom. The molecule has 110 valence electrons. The quantitative estimate of drug-likeness (QED) is 0.640. The summed E-state index contributed by atoms with van der Waals surface area (Å²) in [5, 5.41) is 19.7. The molecule has 0 radical (unpaired) electrons. The van der Waals surface area contributed by atoms with Crippen molar-refractivity contribution in [1.82, 2.24) is 9.55 Å². The van der Waals surface area contributed by atoms with Crippen LogP contribution >= 0.6 is 23.5 Å². The van der Waals surface area contributed by atoms with E-state index in [1.165, 1.54) is 40.4 Å². The third-order valence-corrected chi connectivity index (χ3v) is 7.01. The summed E-state index contributed by atoms with van der Waals surface area (Å²) in [7, 11) is 0. The van der Waals surface area contributed by atoms with Crippen molar-refractivity contribution in [3.05, 3.63) is 33.1 Å². The first-order valence-corrected chi connectivity index (χ1v) is 8.09. The molecule has 2 saturated heterocycles. The molecule has 7 nitrogen and oxygen atoms in total. The maximum absolute atomic E-state index is 11.9. The normalized spacial score (nSPS) is 32.0. The third kappa shape index (κ3) is 2.04. The molecular formula is C11H14N2O5S2. The fraction of sp³-hybridized carbons (Fsp3) is 0.636. The topological polar surface area (TPSA) is 105 Å². The van der Waals surface area contributed by atoms with Gasteiger partial charge in [0.1, 0.15) is 16.3 Å². The molecule has 20 heavy (non-hydrogen) atoms. The summed E-state index contributed by atoms with van der Waals surface area (Å²) < 4.78 is 6.21. The number of thioether (sulfide) groups is 2. The highest BCUT2D eigenvalue weighted by atomic mass is 32.2. The van der Waals surface area contributed by atoms with E-state index in [0.29, 0.717) is 0 Å². The van der Waals surface area contributed by atoms with Crippen LogP contribution in [-0.4, -0.2) is 54.2 Å². The number of nitrogens with one attached hydrogen (secondary N) is 1. The van der Waals surface area contributed by atoms with Crippen LogP contribution < -0.4 is 11.2 Å². The highest BCUT2D eigenvalue weighted by Gasteiger charge is 2.59. The van der Waals surface area contributed by atoms with Gasteiger partial charge in [0, 0.05) is 23.8 Å². The summed E-state index contributed by atoms with van der Waals surface area (Å²) in [6.45, 7) is -0.321. The third-order valence-electron chi connectivity index (χ3n) is 3.43. The highest BCUT2D eigenvalue weighted by Crippen LogP contribution is 2.58. The Balaban J connectivity index is 2.06. The average molecular weight is 318 g/mol. The molecule has 3 rings (SSSR count). The lowest BCUT2D eigenvalue weighted by molar-refractivity contribution is -0.0460. The van der Waals surface area contributed by atoms with Crippen molar-refractivity contribution in [3.8, 4) is 0 Å². The molecule has 1 aromatic rings. The molecule has 0 bridgehead atoms. The van der Waals surface area contributed by atoms with Gasteiger partial charge in [-0.25, -0.2) is 4.79 Å². The largest absolute Gasteiger partial charge is 0.394 e. The molecule has 1 spiro atoms. The first-order valence-electron chi connectivity index (χ1n) is 6.12. The number of rotatable bonds is 2. The second kappa shape index (κ2) is 5.23. The van der Waals surface area contributed by atoms with Crippen LogP contribution in [0.1, 0.15) is 6.23 Å². The number of H-pyrrole nitrogens is 1. The zero-order valence-electron chi connectivity index (χ0n) is 10.4. The van der Waals surface area contributed by atoms with Gasteiger partial charge < -0.3 is 14.9 Å². The van der Waals surface area contributed by atoms with E-state index in [1.54, 1.807) is 0 Å². The lowest BCUT2D eigenvalue weighted by Gasteiger charge is -2.30. The summed E-state index contributed by atoms with van der Waals surface area (Å²) in [6.07, 6.45) is -0.985. The van der Waals surface area contributed by atoms with Gasteiger partial charge in [-0.2, -0.15) is 0 Å². The molecule has 3 N–H and O–H groups in total. The van der Waals surface area contributed by atoms with Crippen LogP contribution in [0.15, 0.2) is 21.9 Å². The number of hydrogen-bond acceptors (Lipinski definition) is 7. The first-order chi connectivity index (χ1) is 9.58. The van der Waals surface area contributed by atoms with Gasteiger partial charge in [0.2, 0.25) is 0 Å². The average Bonchev–Trinajstić information content (AvgIpc) is 3.00. The maximum atomic E-state index is 11.9. The smallest absolute Gasteiger partial charge is 0.330 e. The molecule has 0 aromatic carbocycles. The molecule has 3 heterocycles. The van der Waals surface area contributed by atoms with E-state index >= 15 is 0 Å². The molecule has 0 unspecified atom stereocenters. The van der Waals surface area contributed by atoms with Crippen LogP contribution in [0.4, 0.5) is 0 Å². The fourth-order valence-corrected chi connectivity index (χ4v) is 5.92. The molecule has 0 saturated carbocycles. The Bertz CT molecular complexity index is 609. The van der Waals surface area contributed by atoms with Crippen molar-refractivity contribution in [1.29, 1.82) is 0 Å². The van der Waals surface area contributed by atoms with Crippen molar-refractivity contribution in [2.75, 3.05) is 18.1 Å². The number of aliphatic hydroxyl groups is 2. The Labute approximate surface area is 122 Å². The van der Waals surface area contributed by atoms with E-state index < -0.39 is 33.8 Å². The van der Waals surface area contributed by atoms with E-state index in [2.05, 4.69) is 4.98 Å². The van der Waals surface area contributed by atoms with Crippen molar-refractivity contribution in [3.63, 3.8) is 0 Å². The second-order valence-electron chi connectivity index (χ2n) is 4.59. The van der Waals surface area contributed by atoms with Crippen molar-refractivity contribution in [2.24, 2.45) is 0 Å². The van der Waals surface area contributed by atoms with Gasteiger partial charge in [0.15, 0.2) is 6.23 Å². The van der Waals surface area contributed by atoms with Crippen molar-refractivity contribution in [2.45, 2.75) is 22.5 Å². The van der Waals surface area contributed by atoms with Gasteiger partial charge >= 0.3 is 5.69 Å². The van der Waals surface area contributed by atoms with Crippen LogP contribution in [0.2, 0.25) is 0 Å². The summed E-state index contributed by atoms with van der Waals surface area (Å²) in [6, 6.07) is 1.24. The summed E-state index contributed by atoms with van der Waals surface area (Å²) in [5.41, 5.74) is -1.06. The zero-order valence-corrected chi connectivity index (χ0v) is 12.0. The number of aromatic amines is 1. The van der Waals surface area contributed by atoms with Crippen LogP contribution in [0.5, 0.6) is 0 Å². The maximum Gasteiger partial charge on any atom is 0.330 e. The minimum absolute atomic E-state index is 0.321. The lowest BCUT2D eigenvalue weighted by atomic mass is 10.1. The molecule has 2 fully saturated rings. The van der Waals surface area contributed by atoms with E-state index in [-0.39, 0.29) is 6.61 Å². The highest BCUT2D eigenvalue weighted by molar-refractivity contribution is 8.21. The monoisotopic (exact) mass is 318 g/mol. The van der Waals surface area contributed by atoms with Gasteiger partial charge in [-0.1, -0.05) is 0 Å². The minimum Gasteiger partial charge on any atom is -0.394 e. The Hall–Kier alpha value is -0.740. The Kier molecular flexibility index (Phi) is 3.71. The molecule has 2 aliphatic rings. The van der Waals surface area contributed by atoms with Gasteiger partial charge in [0.25, 0.3) is 5.56 Å². The van der Waals surface area contributed by atoms with Crippen LogP contribution in [0.3, 0.4) is 0 Å². The second-order valence-corrected chi connectivity index (χ2v) is 7.59. The van der Waals surface area contributed by atoms with Gasteiger partial charge in [-0.05, 0) is 0 Å². The molecule has 2 aliphatic heterocycles. The minimum atomic E-state index is -0.881. The molecule has 9 heteroatoms. The predicted octanol–water partition coefficient (Wildman–Crippen LogP) is -1.04. The zero-order chi connectivity index (χ0) is 14.3. The fourth-order valence-electron chi connectivity index (χ4n) is 2.51. The van der Waals surface area contributed by atoms with Gasteiger partial charge in [-0.15, -0.1) is 23.5 Å². The van der Waals surface area contributed by atoms with Gasteiger partial charge in [-0.3, -0.25) is 14.3 Å². The first kappa shape index (κ1) is 14.2. The summed E-state index contributed by atoms with van der Waals surface area (Å²) in [4.78, 5) is 25.3. The van der Waals surface area contributed by atoms with Crippen LogP contribution in [-0.2, 0) is 4.74 Å². The number of ether oxygens (including phenoxy) is 1. The number of nitrogens with zero attached hydrogens (tertiary/aromatic N) is 1. The molecular weight excluding hydrogens is 304 g/mol. The van der Waals surface area contributed by atoms with E-state index in [9.17, 15) is 19.8 Å². The SMILES string of the molecule is O=c1ccn([C@@H]2O[C@H](CO)[C@@H](O)C23SCCS3)c(=O)[nH]1. The van der Waals surface area contributed by atoms with E-state index in [1.807, 2.05) is 0 Å². The predicted molar refractivity (Wildman–Crippen MR) is 76.0 cm³/mol. The Morgan fingerprint density at radius 2 is 2.15 bits per heavy atom. The van der Waals surface area contributed by atoms with Crippen LogP contribution in [0.25, 0.3) is 0 Å². The number of aromatic nitrogens is 2. The molecule has 3 atom stereocenters. The number of hydrogen-bond donors (Lipinski definition) is 3. The van der Waals surface area contributed by atoms with Crippen molar-refractivity contribution >= 4 is 23.5 Å². The van der Waals surface area contributed by atoms with Crippen LogP contribution in [0, 0.1) is 0 Å². The molecule has 0 amide bonds. The number of aliphatic hydroxyl groups excluding tert-OH is 2. The van der Waals surface area contributed by atoms with Gasteiger partial charge in [0.05, 0.1) is 6.61 Å². The lowest BCUT2D eigenvalue weighted by Crippen LogP contribution is -2.43. The molecule has 1 aromatic heterocycles. The summed E-state index contributed by atoms with van der Waals surface area (Å²) in [5.74, 6) is 1.66. The van der Waals surface area contributed by atoms with Crippen molar-refractivity contribution < 1.29 is 14.9 Å². The standard InChI is InChI=1S/C11H14N2O5S2/c14-5-6-8(16)11(19-3-4-20-11)9(18-6)13-2-1-7(15)12-10(13)17/h1-2,6,8-9,14,16H,3-5H2,(H,12,15,17)/t6-,8-,9-/m1/s1.